The second-order valence-corrected chi connectivity index (χ2v) is 6.84. The van der Waals surface area contributed by atoms with Crippen molar-refractivity contribution in [2.24, 2.45) is 0 Å². The molecule has 0 saturated heterocycles. The van der Waals surface area contributed by atoms with Gasteiger partial charge >= 0.3 is 0 Å². The van der Waals surface area contributed by atoms with Gasteiger partial charge in [0.1, 0.15) is 18.1 Å². The van der Waals surface area contributed by atoms with Crippen LogP contribution in [0.2, 0.25) is 0 Å². The molecule has 0 unspecified atom stereocenters. The summed E-state index contributed by atoms with van der Waals surface area (Å²) in [6.45, 7) is 3.19. The van der Waals surface area contributed by atoms with Gasteiger partial charge in [-0.1, -0.05) is 42.5 Å². The first kappa shape index (κ1) is 21.9. The van der Waals surface area contributed by atoms with Crippen molar-refractivity contribution in [3.05, 3.63) is 95.6 Å². The molecule has 0 fully saturated rings. The van der Waals surface area contributed by atoms with Crippen LogP contribution >= 0.6 is 0 Å². The standard InChI is InChI=1S/C25H26N2O4/c1-2-30-22-13-11-21(12-14-22)25(29)27-17-24(28)26-16-20-9-6-10-23(15-20)31-18-19-7-4-3-5-8-19/h3-15H,2,16-18H2,1H3,(H,26,28)(H,27,29). The van der Waals surface area contributed by atoms with Crippen LogP contribution in [-0.2, 0) is 17.9 Å². The van der Waals surface area contributed by atoms with E-state index in [1.165, 1.54) is 0 Å². The van der Waals surface area contributed by atoms with Crippen molar-refractivity contribution < 1.29 is 19.1 Å². The van der Waals surface area contributed by atoms with E-state index in [-0.39, 0.29) is 18.4 Å². The summed E-state index contributed by atoms with van der Waals surface area (Å²) < 4.78 is 11.2. The third kappa shape index (κ3) is 7.19. The first-order chi connectivity index (χ1) is 15.1. The van der Waals surface area contributed by atoms with Gasteiger partial charge in [0.15, 0.2) is 0 Å². The van der Waals surface area contributed by atoms with Crippen molar-refractivity contribution in [3.63, 3.8) is 0 Å². The number of hydrogen-bond donors (Lipinski definition) is 2. The predicted molar refractivity (Wildman–Crippen MR) is 119 cm³/mol. The van der Waals surface area contributed by atoms with Crippen molar-refractivity contribution in [1.29, 1.82) is 0 Å². The summed E-state index contributed by atoms with van der Waals surface area (Å²) >= 11 is 0. The van der Waals surface area contributed by atoms with Crippen molar-refractivity contribution in [3.8, 4) is 11.5 Å². The highest BCUT2D eigenvalue weighted by Crippen LogP contribution is 2.15. The Morgan fingerprint density at radius 3 is 2.26 bits per heavy atom. The van der Waals surface area contributed by atoms with Gasteiger partial charge < -0.3 is 20.1 Å². The summed E-state index contributed by atoms with van der Waals surface area (Å²) in [7, 11) is 0. The minimum absolute atomic E-state index is 0.101. The zero-order valence-electron chi connectivity index (χ0n) is 17.5. The third-order valence-electron chi connectivity index (χ3n) is 4.47. The molecule has 0 aromatic heterocycles. The van der Waals surface area contributed by atoms with Crippen molar-refractivity contribution in [2.45, 2.75) is 20.1 Å². The number of benzene rings is 3. The molecule has 160 valence electrons. The molecule has 0 aliphatic rings. The molecular formula is C25H26N2O4. The van der Waals surface area contributed by atoms with E-state index in [1.54, 1.807) is 24.3 Å². The summed E-state index contributed by atoms with van der Waals surface area (Å²) in [5.74, 6) is 0.857. The second-order valence-electron chi connectivity index (χ2n) is 6.84. The van der Waals surface area contributed by atoms with Crippen LogP contribution in [0.4, 0.5) is 0 Å². The lowest BCUT2D eigenvalue weighted by Gasteiger charge is -2.10. The van der Waals surface area contributed by atoms with Crippen LogP contribution in [0.3, 0.4) is 0 Å². The van der Waals surface area contributed by atoms with Crippen LogP contribution in [0.15, 0.2) is 78.9 Å². The topological polar surface area (TPSA) is 76.7 Å². The van der Waals surface area contributed by atoms with Crippen molar-refractivity contribution >= 4 is 11.8 Å². The maximum Gasteiger partial charge on any atom is 0.251 e. The molecule has 6 heteroatoms. The molecule has 2 amide bonds. The predicted octanol–water partition coefficient (Wildman–Crippen LogP) is 3.71. The summed E-state index contributed by atoms with van der Waals surface area (Å²) in [6, 6.07) is 24.3. The quantitative estimate of drug-likeness (QED) is 0.526. The van der Waals surface area contributed by atoms with Crippen LogP contribution in [0.25, 0.3) is 0 Å². The molecule has 0 atom stereocenters. The Hall–Kier alpha value is -3.80. The summed E-state index contributed by atoms with van der Waals surface area (Å²) in [4.78, 5) is 24.3. The number of carbonyl (C=O) groups is 2. The van der Waals surface area contributed by atoms with E-state index >= 15 is 0 Å². The molecule has 0 radical (unpaired) electrons. The van der Waals surface area contributed by atoms with Crippen LogP contribution in [-0.4, -0.2) is 25.0 Å². The van der Waals surface area contributed by atoms with Gasteiger partial charge in [0.05, 0.1) is 13.2 Å². The highest BCUT2D eigenvalue weighted by Gasteiger charge is 2.08. The molecule has 0 aliphatic carbocycles. The lowest BCUT2D eigenvalue weighted by molar-refractivity contribution is -0.120. The Kier molecular flexibility index (Phi) is 8.05. The van der Waals surface area contributed by atoms with Gasteiger partial charge in [-0.2, -0.15) is 0 Å². The maximum atomic E-state index is 12.2. The minimum Gasteiger partial charge on any atom is -0.494 e. The normalized spacial score (nSPS) is 10.2. The molecule has 0 bridgehead atoms. The number of nitrogens with one attached hydrogen (secondary N) is 2. The van der Waals surface area contributed by atoms with E-state index in [1.807, 2.05) is 61.5 Å². The molecule has 3 aromatic carbocycles. The molecule has 6 nitrogen and oxygen atoms in total. The lowest BCUT2D eigenvalue weighted by Crippen LogP contribution is -2.36. The van der Waals surface area contributed by atoms with Crippen LogP contribution in [0.1, 0.15) is 28.4 Å². The number of ether oxygens (including phenoxy) is 2. The first-order valence-electron chi connectivity index (χ1n) is 10.2. The fraction of sp³-hybridized carbons (Fsp3) is 0.200. The average Bonchev–Trinajstić information content (AvgIpc) is 2.81. The van der Waals surface area contributed by atoms with Crippen LogP contribution in [0.5, 0.6) is 11.5 Å². The highest BCUT2D eigenvalue weighted by molar-refractivity contribution is 5.96. The number of rotatable bonds is 10. The van der Waals surface area contributed by atoms with E-state index in [0.717, 1.165) is 16.9 Å². The van der Waals surface area contributed by atoms with Gasteiger partial charge in [-0.25, -0.2) is 0 Å². The number of amides is 2. The molecule has 3 aromatic rings. The number of carbonyl (C=O) groups excluding carboxylic acids is 2. The first-order valence-corrected chi connectivity index (χ1v) is 10.2. The second kappa shape index (κ2) is 11.4. The molecule has 31 heavy (non-hydrogen) atoms. The summed E-state index contributed by atoms with van der Waals surface area (Å²) in [5, 5.41) is 5.42. The minimum atomic E-state index is -0.311. The van der Waals surface area contributed by atoms with Gasteiger partial charge in [0.2, 0.25) is 5.91 Å². The van der Waals surface area contributed by atoms with Gasteiger partial charge in [0, 0.05) is 12.1 Å². The van der Waals surface area contributed by atoms with Gasteiger partial charge in [-0.15, -0.1) is 0 Å². The Morgan fingerprint density at radius 2 is 1.52 bits per heavy atom. The third-order valence-corrected chi connectivity index (χ3v) is 4.47. The number of hydrogen-bond acceptors (Lipinski definition) is 4. The molecule has 0 saturated carbocycles. The van der Waals surface area contributed by atoms with E-state index in [4.69, 9.17) is 9.47 Å². The molecule has 2 N–H and O–H groups in total. The Labute approximate surface area is 182 Å². The molecular weight excluding hydrogens is 392 g/mol. The SMILES string of the molecule is CCOc1ccc(C(=O)NCC(=O)NCc2cccc(OCc3ccccc3)c2)cc1. The summed E-state index contributed by atoms with van der Waals surface area (Å²) in [5.41, 5.74) is 2.47. The maximum absolute atomic E-state index is 12.2. The Bertz CT molecular complexity index is 988. The van der Waals surface area contributed by atoms with Gasteiger partial charge in [-0.05, 0) is 54.4 Å². The zero-order valence-corrected chi connectivity index (χ0v) is 17.5. The smallest absolute Gasteiger partial charge is 0.251 e. The molecule has 3 rings (SSSR count). The largest absolute Gasteiger partial charge is 0.494 e. The van der Waals surface area contributed by atoms with E-state index in [2.05, 4.69) is 10.6 Å². The fourth-order valence-corrected chi connectivity index (χ4v) is 2.88. The average molecular weight is 418 g/mol. The van der Waals surface area contributed by atoms with Crippen LogP contribution in [0, 0.1) is 0 Å². The Morgan fingerprint density at radius 1 is 0.774 bits per heavy atom. The van der Waals surface area contributed by atoms with Crippen LogP contribution < -0.4 is 20.1 Å². The van der Waals surface area contributed by atoms with E-state index < -0.39 is 0 Å². The van der Waals surface area contributed by atoms with Gasteiger partial charge in [0.25, 0.3) is 5.91 Å². The van der Waals surface area contributed by atoms with E-state index in [9.17, 15) is 9.59 Å². The zero-order chi connectivity index (χ0) is 21.9. The lowest BCUT2D eigenvalue weighted by atomic mass is 10.2. The monoisotopic (exact) mass is 418 g/mol. The summed E-state index contributed by atoms with van der Waals surface area (Å²) in [6.07, 6.45) is 0. The van der Waals surface area contributed by atoms with Gasteiger partial charge in [-0.3, -0.25) is 9.59 Å². The molecule has 0 aliphatic heterocycles. The fourth-order valence-electron chi connectivity index (χ4n) is 2.88. The molecule has 0 heterocycles. The molecule has 0 spiro atoms. The highest BCUT2D eigenvalue weighted by atomic mass is 16.5. The van der Waals surface area contributed by atoms with E-state index in [0.29, 0.717) is 31.1 Å². The Balaban J connectivity index is 1.42. The van der Waals surface area contributed by atoms with Crippen molar-refractivity contribution in [1.82, 2.24) is 10.6 Å². The van der Waals surface area contributed by atoms with Crippen molar-refractivity contribution in [2.75, 3.05) is 13.2 Å².